The first kappa shape index (κ1) is 15.3. The third-order valence-corrected chi connectivity index (χ3v) is 4.52. The van der Waals surface area contributed by atoms with Gasteiger partial charge in [-0.2, -0.15) is 13.5 Å². The van der Waals surface area contributed by atoms with Gasteiger partial charge in [-0.25, -0.2) is 4.79 Å². The largest absolute Gasteiger partial charge is 0.495 e. The average molecular weight is 376 g/mol. The van der Waals surface area contributed by atoms with Crippen LogP contribution < -0.4 is 9.46 Å². The Kier molecular flexibility index (Phi) is 4.19. The van der Waals surface area contributed by atoms with E-state index in [9.17, 15) is 13.2 Å². The summed E-state index contributed by atoms with van der Waals surface area (Å²) < 4.78 is 32.3. The molecule has 0 unspecified atom stereocenters. The number of H-pyrrole nitrogens is 1. The van der Waals surface area contributed by atoms with Gasteiger partial charge in [-0.05, 0) is 28.1 Å². The summed E-state index contributed by atoms with van der Waals surface area (Å²) in [6.07, 6.45) is 0.930. The number of rotatable bonds is 5. The number of halogens is 1. The fourth-order valence-electron chi connectivity index (χ4n) is 1.56. The molecule has 0 fully saturated rings. The lowest BCUT2D eigenvalue weighted by atomic mass is 10.3. The third-order valence-electron chi connectivity index (χ3n) is 2.51. The predicted octanol–water partition coefficient (Wildman–Crippen LogP) is 1.68. The zero-order valence-electron chi connectivity index (χ0n) is 10.6. The van der Waals surface area contributed by atoms with Crippen LogP contribution in [-0.2, 0) is 10.0 Å². The monoisotopic (exact) mass is 375 g/mol. The van der Waals surface area contributed by atoms with E-state index in [1.165, 1.54) is 19.2 Å². The molecular weight excluding hydrogens is 366 g/mol. The van der Waals surface area contributed by atoms with Crippen LogP contribution in [0.2, 0.25) is 0 Å². The predicted molar refractivity (Wildman–Crippen MR) is 77.0 cm³/mol. The number of aromatic amines is 1. The number of carbonyl (C=O) groups is 1. The summed E-state index contributed by atoms with van der Waals surface area (Å²) >= 11 is 3.24. The van der Waals surface area contributed by atoms with Crippen LogP contribution in [0.15, 0.2) is 33.9 Å². The fourth-order valence-corrected chi connectivity index (χ4v) is 3.11. The number of aromatic nitrogens is 2. The zero-order valence-corrected chi connectivity index (χ0v) is 13.0. The van der Waals surface area contributed by atoms with Gasteiger partial charge in [0.1, 0.15) is 11.3 Å². The van der Waals surface area contributed by atoms with Crippen molar-refractivity contribution in [2.75, 3.05) is 11.8 Å². The number of nitrogens with one attached hydrogen (secondary N) is 2. The van der Waals surface area contributed by atoms with Crippen LogP contribution in [0, 0.1) is 0 Å². The van der Waals surface area contributed by atoms with Gasteiger partial charge in [0.25, 0.3) is 10.0 Å². The van der Waals surface area contributed by atoms with Crippen molar-refractivity contribution in [2.24, 2.45) is 0 Å². The maximum absolute atomic E-state index is 12.2. The van der Waals surface area contributed by atoms with E-state index in [-0.39, 0.29) is 5.69 Å². The summed E-state index contributed by atoms with van der Waals surface area (Å²) in [5, 5.41) is 14.0. The van der Waals surface area contributed by atoms with Crippen molar-refractivity contribution in [1.29, 1.82) is 0 Å². The second-order valence-corrected chi connectivity index (χ2v) is 6.35. The number of ether oxygens (including phenoxy) is 1. The second-order valence-electron chi connectivity index (χ2n) is 3.87. The standard InChI is InChI=1S/C11H10BrN3O5S/c1-20-9-4-6(2-3-8(9)12)15-21(18,19)10-7(11(16)17)5-13-14-10/h2-5,15H,1H3,(H,13,14)(H,16,17). The van der Waals surface area contributed by atoms with E-state index in [0.717, 1.165) is 6.20 Å². The van der Waals surface area contributed by atoms with Crippen LogP contribution >= 0.6 is 15.9 Å². The van der Waals surface area contributed by atoms with Gasteiger partial charge in [-0.15, -0.1) is 0 Å². The lowest BCUT2D eigenvalue weighted by Gasteiger charge is -2.09. The van der Waals surface area contributed by atoms with Crippen LogP contribution in [0.4, 0.5) is 5.69 Å². The van der Waals surface area contributed by atoms with Crippen LogP contribution in [0.5, 0.6) is 5.75 Å². The molecule has 0 spiro atoms. The number of methoxy groups -OCH3 is 1. The van der Waals surface area contributed by atoms with Crippen molar-refractivity contribution in [1.82, 2.24) is 10.2 Å². The Hall–Kier alpha value is -2.07. The molecule has 3 N–H and O–H groups in total. The summed E-state index contributed by atoms with van der Waals surface area (Å²) in [5.74, 6) is -0.962. The SMILES string of the molecule is COc1cc(NS(=O)(=O)c2[nH]ncc2C(=O)O)ccc1Br. The summed E-state index contributed by atoms with van der Waals surface area (Å²) in [4.78, 5) is 10.9. The smallest absolute Gasteiger partial charge is 0.340 e. The van der Waals surface area contributed by atoms with Gasteiger partial charge in [0.05, 0.1) is 23.5 Å². The molecule has 1 aromatic carbocycles. The molecule has 8 nitrogen and oxygen atoms in total. The van der Waals surface area contributed by atoms with E-state index in [0.29, 0.717) is 10.2 Å². The van der Waals surface area contributed by atoms with Gasteiger partial charge in [0.15, 0.2) is 5.03 Å². The summed E-state index contributed by atoms with van der Waals surface area (Å²) in [7, 11) is -2.66. The van der Waals surface area contributed by atoms with Crippen LogP contribution in [0.25, 0.3) is 0 Å². The quantitative estimate of drug-likeness (QED) is 0.730. The Balaban J connectivity index is 2.38. The molecule has 10 heteroatoms. The number of anilines is 1. The van der Waals surface area contributed by atoms with Crippen molar-refractivity contribution in [2.45, 2.75) is 5.03 Å². The number of hydrogen-bond donors (Lipinski definition) is 3. The Labute approximate surface area is 128 Å². The number of sulfonamides is 1. The topological polar surface area (TPSA) is 121 Å². The molecular formula is C11H10BrN3O5S. The minimum Gasteiger partial charge on any atom is -0.495 e. The Morgan fingerprint density at radius 1 is 1.48 bits per heavy atom. The van der Waals surface area contributed by atoms with Crippen molar-refractivity contribution in [3.05, 3.63) is 34.4 Å². The van der Waals surface area contributed by atoms with Crippen molar-refractivity contribution in [3.8, 4) is 5.75 Å². The Bertz CT molecular complexity index is 787. The number of carboxylic acids is 1. The first-order valence-electron chi connectivity index (χ1n) is 5.48. The van der Waals surface area contributed by atoms with Gasteiger partial charge in [-0.3, -0.25) is 9.82 Å². The molecule has 0 aliphatic rings. The van der Waals surface area contributed by atoms with Gasteiger partial charge in [-0.1, -0.05) is 0 Å². The normalized spacial score (nSPS) is 11.1. The van der Waals surface area contributed by atoms with Crippen LogP contribution in [0.3, 0.4) is 0 Å². The van der Waals surface area contributed by atoms with E-state index < -0.39 is 26.6 Å². The highest BCUT2D eigenvalue weighted by molar-refractivity contribution is 9.10. The molecule has 1 heterocycles. The molecule has 0 amide bonds. The molecule has 0 saturated carbocycles. The molecule has 2 rings (SSSR count). The second kappa shape index (κ2) is 5.74. The number of benzene rings is 1. The number of aromatic carboxylic acids is 1. The highest BCUT2D eigenvalue weighted by Crippen LogP contribution is 2.29. The molecule has 0 atom stereocenters. The van der Waals surface area contributed by atoms with Crippen molar-refractivity contribution >= 4 is 37.6 Å². The molecule has 0 aliphatic heterocycles. The van der Waals surface area contributed by atoms with Gasteiger partial charge in [0, 0.05) is 6.07 Å². The molecule has 112 valence electrons. The number of hydrogen-bond acceptors (Lipinski definition) is 5. The maximum Gasteiger partial charge on any atom is 0.340 e. The van der Waals surface area contributed by atoms with E-state index >= 15 is 0 Å². The Morgan fingerprint density at radius 3 is 2.81 bits per heavy atom. The lowest BCUT2D eigenvalue weighted by molar-refractivity contribution is 0.0692. The molecule has 21 heavy (non-hydrogen) atoms. The maximum atomic E-state index is 12.2. The summed E-state index contributed by atoms with van der Waals surface area (Å²) in [6.45, 7) is 0. The van der Waals surface area contributed by atoms with E-state index in [1.54, 1.807) is 6.07 Å². The zero-order chi connectivity index (χ0) is 15.6. The fraction of sp³-hybridized carbons (Fsp3) is 0.0909. The first-order chi connectivity index (χ1) is 9.85. The first-order valence-corrected chi connectivity index (χ1v) is 7.76. The van der Waals surface area contributed by atoms with E-state index in [1.807, 2.05) is 0 Å². The molecule has 0 radical (unpaired) electrons. The molecule has 0 saturated heterocycles. The highest BCUT2D eigenvalue weighted by atomic mass is 79.9. The van der Waals surface area contributed by atoms with Crippen LogP contribution in [0.1, 0.15) is 10.4 Å². The van der Waals surface area contributed by atoms with Gasteiger partial charge >= 0.3 is 5.97 Å². The Morgan fingerprint density at radius 2 is 2.19 bits per heavy atom. The number of carboxylic acid groups (broad SMARTS) is 1. The summed E-state index contributed by atoms with van der Waals surface area (Å²) in [6, 6.07) is 4.56. The van der Waals surface area contributed by atoms with Crippen LogP contribution in [-0.4, -0.2) is 36.8 Å². The summed E-state index contributed by atoms with van der Waals surface area (Å²) in [5.41, 5.74) is -0.215. The molecule has 0 bridgehead atoms. The average Bonchev–Trinajstić information content (AvgIpc) is 2.91. The minimum atomic E-state index is -4.10. The van der Waals surface area contributed by atoms with Gasteiger partial charge < -0.3 is 9.84 Å². The molecule has 0 aliphatic carbocycles. The van der Waals surface area contributed by atoms with Gasteiger partial charge in [0.2, 0.25) is 0 Å². The highest BCUT2D eigenvalue weighted by Gasteiger charge is 2.25. The van der Waals surface area contributed by atoms with E-state index in [4.69, 9.17) is 9.84 Å². The van der Waals surface area contributed by atoms with Crippen molar-refractivity contribution in [3.63, 3.8) is 0 Å². The minimum absolute atomic E-state index is 0.223. The third kappa shape index (κ3) is 3.16. The molecule has 2 aromatic rings. The molecule has 1 aromatic heterocycles. The lowest BCUT2D eigenvalue weighted by Crippen LogP contribution is -2.16. The van der Waals surface area contributed by atoms with E-state index in [2.05, 4.69) is 30.8 Å². The van der Waals surface area contributed by atoms with Crippen molar-refractivity contribution < 1.29 is 23.1 Å². The number of nitrogens with zero attached hydrogens (tertiary/aromatic N) is 1.